The number of hydrogen-bond donors (Lipinski definition) is 1. The normalized spacial score (nSPS) is 12.4. The Labute approximate surface area is 103 Å². The molecule has 0 unspecified atom stereocenters. The molecule has 0 saturated heterocycles. The second kappa shape index (κ2) is 4.65. The Hall–Kier alpha value is -1.72. The summed E-state index contributed by atoms with van der Waals surface area (Å²) in [6, 6.07) is 8.69. The summed E-state index contributed by atoms with van der Waals surface area (Å²) < 4.78 is 0. The Morgan fingerprint density at radius 1 is 1.41 bits per heavy atom. The second-order valence-electron chi connectivity index (χ2n) is 3.80. The van der Waals surface area contributed by atoms with Gasteiger partial charge in [0.2, 0.25) is 0 Å². The summed E-state index contributed by atoms with van der Waals surface area (Å²) >= 11 is 1.55. The van der Waals surface area contributed by atoms with E-state index in [9.17, 15) is 10.1 Å². The number of nitrogens with zero attached hydrogens (tertiary/aromatic N) is 1. The Morgan fingerprint density at radius 2 is 2.18 bits per heavy atom. The topological polar surface area (TPSA) is 69.2 Å². The van der Waals surface area contributed by atoms with Crippen molar-refractivity contribution in [1.29, 1.82) is 0 Å². The highest BCUT2D eigenvalue weighted by molar-refractivity contribution is 7.10. The number of nitrogens with two attached hydrogens (primary N) is 1. The van der Waals surface area contributed by atoms with Crippen LogP contribution in [0.3, 0.4) is 0 Å². The summed E-state index contributed by atoms with van der Waals surface area (Å²) in [4.78, 5) is 11.5. The molecule has 0 aliphatic rings. The van der Waals surface area contributed by atoms with Gasteiger partial charge in [0.15, 0.2) is 0 Å². The smallest absolute Gasteiger partial charge is 0.272 e. The van der Waals surface area contributed by atoms with Crippen molar-refractivity contribution >= 4 is 17.0 Å². The van der Waals surface area contributed by atoms with E-state index in [4.69, 9.17) is 5.73 Å². The first-order valence-electron chi connectivity index (χ1n) is 5.13. The molecule has 1 aromatic heterocycles. The maximum Gasteiger partial charge on any atom is 0.272 e. The van der Waals surface area contributed by atoms with E-state index < -0.39 is 0 Å². The summed E-state index contributed by atoms with van der Waals surface area (Å²) in [6.45, 7) is 1.72. The molecule has 4 nitrogen and oxygen atoms in total. The third-order valence-corrected chi connectivity index (χ3v) is 3.59. The summed E-state index contributed by atoms with van der Waals surface area (Å²) in [5, 5.41) is 12.8. The fraction of sp³-hybridized carbons (Fsp3) is 0.167. The molecule has 0 saturated carbocycles. The first-order chi connectivity index (χ1) is 8.09. The Kier molecular flexibility index (Phi) is 3.21. The van der Waals surface area contributed by atoms with Gasteiger partial charge in [0, 0.05) is 16.5 Å². The molecular formula is C12H12N2O2S. The SMILES string of the molecule is Cc1ccc([C@@H](N)c2cccs2)cc1[N+](=O)[O-]. The summed E-state index contributed by atoms with van der Waals surface area (Å²) in [5.74, 6) is 0. The number of nitro groups is 1. The number of hydrogen-bond acceptors (Lipinski definition) is 4. The predicted molar refractivity (Wildman–Crippen MR) is 68.2 cm³/mol. The molecule has 0 bridgehead atoms. The zero-order valence-corrected chi connectivity index (χ0v) is 10.1. The van der Waals surface area contributed by atoms with Crippen molar-refractivity contribution in [2.45, 2.75) is 13.0 Å². The van der Waals surface area contributed by atoms with Crippen molar-refractivity contribution in [3.8, 4) is 0 Å². The van der Waals surface area contributed by atoms with E-state index in [2.05, 4.69) is 0 Å². The van der Waals surface area contributed by atoms with Crippen LogP contribution in [0.25, 0.3) is 0 Å². The maximum absolute atomic E-state index is 10.9. The number of thiophene rings is 1. The highest BCUT2D eigenvalue weighted by atomic mass is 32.1. The standard InChI is InChI=1S/C12H12N2O2S/c1-8-4-5-9(7-10(8)14(15)16)12(13)11-3-2-6-17-11/h2-7,12H,13H2,1H3/t12-/m1/s1. The molecule has 1 atom stereocenters. The fourth-order valence-electron chi connectivity index (χ4n) is 1.65. The lowest BCUT2D eigenvalue weighted by molar-refractivity contribution is -0.385. The predicted octanol–water partition coefficient (Wildman–Crippen LogP) is 3.01. The monoisotopic (exact) mass is 248 g/mol. The summed E-state index contributed by atoms with van der Waals surface area (Å²) in [7, 11) is 0. The van der Waals surface area contributed by atoms with Crippen molar-refractivity contribution in [2.75, 3.05) is 0 Å². The fourth-order valence-corrected chi connectivity index (χ4v) is 2.40. The van der Waals surface area contributed by atoms with Crippen molar-refractivity contribution < 1.29 is 4.92 Å². The van der Waals surface area contributed by atoms with Gasteiger partial charge in [-0.1, -0.05) is 18.2 Å². The number of rotatable bonds is 3. The van der Waals surface area contributed by atoms with Gasteiger partial charge in [-0.25, -0.2) is 0 Å². The quantitative estimate of drug-likeness (QED) is 0.670. The van der Waals surface area contributed by atoms with Gasteiger partial charge in [0.25, 0.3) is 5.69 Å². The molecular weight excluding hydrogens is 236 g/mol. The lowest BCUT2D eigenvalue weighted by Crippen LogP contribution is -2.10. The summed E-state index contributed by atoms with van der Waals surface area (Å²) in [5.41, 5.74) is 7.61. The Morgan fingerprint density at radius 3 is 2.76 bits per heavy atom. The van der Waals surface area contributed by atoms with Gasteiger partial charge in [-0.2, -0.15) is 0 Å². The minimum atomic E-state index is -0.375. The third-order valence-electron chi connectivity index (χ3n) is 2.64. The molecule has 88 valence electrons. The van der Waals surface area contributed by atoms with Crippen LogP contribution >= 0.6 is 11.3 Å². The van der Waals surface area contributed by atoms with Crippen molar-refractivity contribution in [3.05, 3.63) is 61.8 Å². The molecule has 17 heavy (non-hydrogen) atoms. The third kappa shape index (κ3) is 2.35. The van der Waals surface area contributed by atoms with E-state index in [0.29, 0.717) is 5.56 Å². The molecule has 2 N–H and O–H groups in total. The highest BCUT2D eigenvalue weighted by Crippen LogP contribution is 2.27. The first-order valence-corrected chi connectivity index (χ1v) is 6.01. The summed E-state index contributed by atoms with van der Waals surface area (Å²) in [6.07, 6.45) is 0. The van der Waals surface area contributed by atoms with Gasteiger partial charge >= 0.3 is 0 Å². The van der Waals surface area contributed by atoms with Crippen LogP contribution in [0.2, 0.25) is 0 Å². The molecule has 0 amide bonds. The van der Waals surface area contributed by atoms with Crippen LogP contribution < -0.4 is 5.73 Å². The van der Waals surface area contributed by atoms with Crippen LogP contribution in [0.15, 0.2) is 35.7 Å². The molecule has 5 heteroatoms. The molecule has 1 aromatic carbocycles. The molecule has 0 radical (unpaired) electrons. The van der Waals surface area contributed by atoms with E-state index in [-0.39, 0.29) is 16.7 Å². The van der Waals surface area contributed by atoms with Crippen molar-refractivity contribution in [1.82, 2.24) is 0 Å². The molecule has 0 spiro atoms. The molecule has 2 aromatic rings. The average Bonchev–Trinajstić information content (AvgIpc) is 2.81. The van der Waals surface area contributed by atoms with Gasteiger partial charge in [-0.15, -0.1) is 11.3 Å². The minimum Gasteiger partial charge on any atom is -0.320 e. The van der Waals surface area contributed by atoms with Crippen LogP contribution in [0.4, 0.5) is 5.69 Å². The van der Waals surface area contributed by atoms with Crippen LogP contribution in [0, 0.1) is 17.0 Å². The molecule has 0 fully saturated rings. The molecule has 1 heterocycles. The molecule has 0 aliphatic carbocycles. The van der Waals surface area contributed by atoms with Crippen LogP contribution in [0.1, 0.15) is 22.0 Å². The van der Waals surface area contributed by atoms with Crippen molar-refractivity contribution in [2.24, 2.45) is 5.73 Å². The van der Waals surface area contributed by atoms with E-state index >= 15 is 0 Å². The Bertz CT molecular complexity index is 537. The van der Waals surface area contributed by atoms with Crippen molar-refractivity contribution in [3.63, 3.8) is 0 Å². The number of aryl methyl sites for hydroxylation is 1. The minimum absolute atomic E-state index is 0.120. The van der Waals surface area contributed by atoms with Gasteiger partial charge in [-0.05, 0) is 23.9 Å². The van der Waals surface area contributed by atoms with Gasteiger partial charge < -0.3 is 5.73 Å². The van der Waals surface area contributed by atoms with Gasteiger partial charge in [0.05, 0.1) is 11.0 Å². The lowest BCUT2D eigenvalue weighted by atomic mass is 10.0. The van der Waals surface area contributed by atoms with E-state index in [0.717, 1.165) is 10.4 Å². The molecule has 0 aliphatic heterocycles. The average molecular weight is 248 g/mol. The zero-order valence-electron chi connectivity index (χ0n) is 9.29. The maximum atomic E-state index is 10.9. The molecule has 2 rings (SSSR count). The zero-order chi connectivity index (χ0) is 12.4. The van der Waals surface area contributed by atoms with E-state index in [1.807, 2.05) is 23.6 Å². The second-order valence-corrected chi connectivity index (χ2v) is 4.78. The van der Waals surface area contributed by atoms with E-state index in [1.165, 1.54) is 0 Å². The Balaban J connectivity index is 2.40. The number of nitro benzene ring substituents is 1. The van der Waals surface area contributed by atoms with Gasteiger partial charge in [-0.3, -0.25) is 10.1 Å². The number of benzene rings is 1. The first kappa shape index (κ1) is 11.8. The lowest BCUT2D eigenvalue weighted by Gasteiger charge is -2.10. The van der Waals surface area contributed by atoms with Crippen LogP contribution in [0.5, 0.6) is 0 Å². The largest absolute Gasteiger partial charge is 0.320 e. The van der Waals surface area contributed by atoms with Crippen LogP contribution in [-0.4, -0.2) is 4.92 Å². The van der Waals surface area contributed by atoms with E-state index in [1.54, 1.807) is 30.4 Å². The van der Waals surface area contributed by atoms with Crippen LogP contribution in [-0.2, 0) is 0 Å². The van der Waals surface area contributed by atoms with Gasteiger partial charge in [0.1, 0.15) is 0 Å². The highest BCUT2D eigenvalue weighted by Gasteiger charge is 2.16.